The number of hydrogen-bond acceptors (Lipinski definition) is 7. The molecule has 1 saturated heterocycles. The number of methoxy groups -OCH3 is 1. The first kappa shape index (κ1) is 24.0. The molecule has 3 rings (SSSR count). The lowest BCUT2D eigenvalue weighted by Crippen LogP contribution is -2.55. The van der Waals surface area contributed by atoms with E-state index in [2.05, 4.69) is 10.3 Å². The fourth-order valence-corrected chi connectivity index (χ4v) is 4.16. The predicted octanol–water partition coefficient (Wildman–Crippen LogP) is 1.60. The third-order valence-electron chi connectivity index (χ3n) is 5.17. The van der Waals surface area contributed by atoms with Gasteiger partial charge in [0.1, 0.15) is 22.5 Å². The van der Waals surface area contributed by atoms with Crippen LogP contribution in [0.25, 0.3) is 10.6 Å². The first-order valence-corrected chi connectivity index (χ1v) is 11.1. The highest BCUT2D eigenvalue weighted by Crippen LogP contribution is 2.27. The number of amides is 3. The van der Waals surface area contributed by atoms with Crippen LogP contribution in [0.15, 0.2) is 29.6 Å². The number of benzene rings is 1. The average Bonchev–Trinajstić information content (AvgIpc) is 3.32. The standard InChI is InChI=1S/C21H24N4O7S/c1-32-14-4-2-3-13(11-14)19-23-16(12-33-19)18(28)22-15(5-6-17(26)27)20(29)24-7-9-25(10-8-24)21(30)31/h2-4,11-12,15H,5-10H2,1H3,(H,22,28)(H,26,27)(H,30,31)/t15-/m0/s1. The number of thiazole rings is 1. The molecule has 0 radical (unpaired) electrons. The molecule has 1 aromatic heterocycles. The summed E-state index contributed by atoms with van der Waals surface area (Å²) >= 11 is 1.26. The van der Waals surface area contributed by atoms with Crippen LogP contribution in [0.3, 0.4) is 0 Å². The van der Waals surface area contributed by atoms with Crippen LogP contribution in [0.1, 0.15) is 23.3 Å². The quantitative estimate of drug-likeness (QED) is 0.520. The summed E-state index contributed by atoms with van der Waals surface area (Å²) in [7, 11) is 1.55. The normalized spacial score (nSPS) is 14.5. The Hall–Kier alpha value is -3.67. The van der Waals surface area contributed by atoms with E-state index in [1.165, 1.54) is 21.1 Å². The smallest absolute Gasteiger partial charge is 0.407 e. The Morgan fingerprint density at radius 3 is 2.48 bits per heavy atom. The van der Waals surface area contributed by atoms with Crippen LogP contribution >= 0.6 is 11.3 Å². The van der Waals surface area contributed by atoms with Gasteiger partial charge in [-0.1, -0.05) is 12.1 Å². The Kier molecular flexibility index (Phi) is 7.83. The van der Waals surface area contributed by atoms with Crippen LogP contribution in [0.5, 0.6) is 5.75 Å². The van der Waals surface area contributed by atoms with E-state index in [0.717, 1.165) is 5.56 Å². The molecule has 1 aliphatic heterocycles. The minimum atomic E-state index is -1.09. The van der Waals surface area contributed by atoms with Gasteiger partial charge in [-0.25, -0.2) is 9.78 Å². The molecule has 2 aromatic rings. The van der Waals surface area contributed by atoms with E-state index in [9.17, 15) is 19.2 Å². The van der Waals surface area contributed by atoms with Gasteiger partial charge in [-0.3, -0.25) is 14.4 Å². The molecule has 33 heavy (non-hydrogen) atoms. The molecule has 176 valence electrons. The number of nitrogens with one attached hydrogen (secondary N) is 1. The van der Waals surface area contributed by atoms with E-state index in [1.807, 2.05) is 6.07 Å². The van der Waals surface area contributed by atoms with Gasteiger partial charge in [0.05, 0.1) is 7.11 Å². The van der Waals surface area contributed by atoms with Crippen molar-refractivity contribution in [1.29, 1.82) is 0 Å². The zero-order chi connectivity index (χ0) is 24.0. The molecule has 3 N–H and O–H groups in total. The monoisotopic (exact) mass is 476 g/mol. The van der Waals surface area contributed by atoms with Gasteiger partial charge in [-0.2, -0.15) is 0 Å². The van der Waals surface area contributed by atoms with Crippen molar-refractivity contribution >= 4 is 35.2 Å². The zero-order valence-corrected chi connectivity index (χ0v) is 18.7. The number of carboxylic acids is 1. The molecule has 1 fully saturated rings. The largest absolute Gasteiger partial charge is 0.497 e. The molecule has 1 atom stereocenters. The summed E-state index contributed by atoms with van der Waals surface area (Å²) in [6.07, 6.45) is -1.46. The number of carboxylic acid groups (broad SMARTS) is 2. The second-order valence-corrected chi connectivity index (χ2v) is 8.18. The van der Waals surface area contributed by atoms with E-state index < -0.39 is 29.9 Å². The summed E-state index contributed by atoms with van der Waals surface area (Å²) < 4.78 is 5.21. The zero-order valence-electron chi connectivity index (χ0n) is 17.9. The number of aliphatic carboxylic acids is 1. The van der Waals surface area contributed by atoms with Gasteiger partial charge >= 0.3 is 12.1 Å². The van der Waals surface area contributed by atoms with E-state index in [4.69, 9.17) is 14.9 Å². The summed E-state index contributed by atoms with van der Waals surface area (Å²) in [5, 5.41) is 22.9. The van der Waals surface area contributed by atoms with Crippen LogP contribution in [0, 0.1) is 0 Å². The summed E-state index contributed by atoms with van der Waals surface area (Å²) in [6, 6.07) is 6.15. The Labute approximate surface area is 193 Å². The minimum Gasteiger partial charge on any atom is -0.497 e. The van der Waals surface area contributed by atoms with Crippen molar-refractivity contribution in [3.8, 4) is 16.3 Å². The van der Waals surface area contributed by atoms with Crippen molar-refractivity contribution in [1.82, 2.24) is 20.1 Å². The van der Waals surface area contributed by atoms with Crippen LogP contribution in [0.4, 0.5) is 4.79 Å². The van der Waals surface area contributed by atoms with E-state index >= 15 is 0 Å². The SMILES string of the molecule is COc1cccc(-c2nc(C(=O)N[C@@H](CCC(=O)O)C(=O)N3CCN(C(=O)O)CC3)cs2)c1. The molecule has 3 amide bonds. The van der Waals surface area contributed by atoms with Crippen LogP contribution < -0.4 is 10.1 Å². The van der Waals surface area contributed by atoms with Gasteiger partial charge in [0, 0.05) is 43.5 Å². The lowest BCUT2D eigenvalue weighted by atomic mass is 10.1. The molecule has 11 nitrogen and oxygen atoms in total. The fraction of sp³-hybridized carbons (Fsp3) is 0.381. The highest BCUT2D eigenvalue weighted by Gasteiger charge is 2.30. The van der Waals surface area contributed by atoms with Gasteiger partial charge < -0.3 is 30.1 Å². The van der Waals surface area contributed by atoms with Crippen LogP contribution in [-0.2, 0) is 9.59 Å². The Morgan fingerprint density at radius 2 is 1.85 bits per heavy atom. The summed E-state index contributed by atoms with van der Waals surface area (Å²) in [5.74, 6) is -1.48. The number of rotatable bonds is 8. The average molecular weight is 477 g/mol. The number of piperazine rings is 1. The predicted molar refractivity (Wildman–Crippen MR) is 118 cm³/mol. The van der Waals surface area contributed by atoms with Crippen molar-refractivity contribution in [3.63, 3.8) is 0 Å². The van der Waals surface area contributed by atoms with Crippen LogP contribution in [-0.4, -0.2) is 88.2 Å². The Balaban J connectivity index is 1.70. The first-order chi connectivity index (χ1) is 15.8. The molecule has 1 aliphatic rings. The highest BCUT2D eigenvalue weighted by atomic mass is 32.1. The van der Waals surface area contributed by atoms with Crippen molar-refractivity contribution in [2.45, 2.75) is 18.9 Å². The third kappa shape index (κ3) is 6.19. The van der Waals surface area contributed by atoms with Crippen LogP contribution in [0.2, 0.25) is 0 Å². The minimum absolute atomic E-state index is 0.0913. The van der Waals surface area contributed by atoms with Crippen molar-refractivity contribution < 1.29 is 34.1 Å². The molecule has 2 heterocycles. The van der Waals surface area contributed by atoms with Crippen molar-refractivity contribution in [3.05, 3.63) is 35.3 Å². The molecular weight excluding hydrogens is 452 g/mol. The van der Waals surface area contributed by atoms with E-state index in [0.29, 0.717) is 10.8 Å². The molecule has 0 unspecified atom stereocenters. The lowest BCUT2D eigenvalue weighted by Gasteiger charge is -2.35. The molecule has 0 bridgehead atoms. The second kappa shape index (κ2) is 10.8. The molecule has 0 saturated carbocycles. The molecule has 0 spiro atoms. The summed E-state index contributed by atoms with van der Waals surface area (Å²) in [4.78, 5) is 54.9. The second-order valence-electron chi connectivity index (χ2n) is 7.32. The van der Waals surface area contributed by atoms with E-state index in [1.54, 1.807) is 30.7 Å². The number of ether oxygens (including phenoxy) is 1. The number of aromatic nitrogens is 1. The van der Waals surface area contributed by atoms with Gasteiger partial charge in [-0.05, 0) is 18.6 Å². The number of hydrogen-bond donors (Lipinski definition) is 3. The lowest BCUT2D eigenvalue weighted by molar-refractivity contribution is -0.138. The summed E-state index contributed by atoms with van der Waals surface area (Å²) in [5.41, 5.74) is 0.884. The first-order valence-electron chi connectivity index (χ1n) is 10.2. The Bertz CT molecular complexity index is 1030. The third-order valence-corrected chi connectivity index (χ3v) is 6.06. The fourth-order valence-electron chi connectivity index (χ4n) is 3.36. The highest BCUT2D eigenvalue weighted by molar-refractivity contribution is 7.13. The molecule has 1 aromatic carbocycles. The number of carbonyl (C=O) groups excluding carboxylic acids is 2. The molecular formula is C21H24N4O7S. The number of nitrogens with zero attached hydrogens (tertiary/aromatic N) is 3. The summed E-state index contributed by atoms with van der Waals surface area (Å²) in [6.45, 7) is 0.635. The van der Waals surface area contributed by atoms with Gasteiger partial charge in [0.2, 0.25) is 5.91 Å². The van der Waals surface area contributed by atoms with Crippen molar-refractivity contribution in [2.75, 3.05) is 33.3 Å². The van der Waals surface area contributed by atoms with Gasteiger partial charge in [0.15, 0.2) is 0 Å². The topological polar surface area (TPSA) is 149 Å². The van der Waals surface area contributed by atoms with E-state index in [-0.39, 0.29) is 44.7 Å². The maximum absolute atomic E-state index is 13.0. The maximum atomic E-state index is 13.0. The van der Waals surface area contributed by atoms with Gasteiger partial charge in [0.25, 0.3) is 5.91 Å². The molecule has 0 aliphatic carbocycles. The number of carbonyl (C=O) groups is 4. The Morgan fingerprint density at radius 1 is 1.15 bits per heavy atom. The van der Waals surface area contributed by atoms with Crippen molar-refractivity contribution in [2.24, 2.45) is 0 Å². The maximum Gasteiger partial charge on any atom is 0.407 e. The van der Waals surface area contributed by atoms with Gasteiger partial charge in [-0.15, -0.1) is 11.3 Å². The molecule has 12 heteroatoms.